The maximum absolute atomic E-state index is 11.4. The Balaban J connectivity index is 1.77. The van der Waals surface area contributed by atoms with Crippen molar-refractivity contribution in [3.8, 4) is 17.4 Å². The zero-order valence-corrected chi connectivity index (χ0v) is 16.0. The quantitative estimate of drug-likeness (QED) is 0.722. The molecule has 1 aliphatic rings. The molecule has 1 fully saturated rings. The van der Waals surface area contributed by atoms with Gasteiger partial charge in [-0.3, -0.25) is 9.78 Å². The fourth-order valence-corrected chi connectivity index (χ4v) is 3.93. The molecule has 1 amide bonds. The van der Waals surface area contributed by atoms with Gasteiger partial charge in [0.05, 0.1) is 6.04 Å². The normalized spacial score (nSPS) is 19.9. The van der Waals surface area contributed by atoms with Crippen LogP contribution in [-0.4, -0.2) is 50.2 Å². The highest BCUT2D eigenvalue weighted by Crippen LogP contribution is 2.36. The van der Waals surface area contributed by atoms with E-state index >= 15 is 0 Å². The van der Waals surface area contributed by atoms with Gasteiger partial charge in [-0.2, -0.15) is 5.10 Å². The molecule has 2 unspecified atom stereocenters. The van der Waals surface area contributed by atoms with E-state index in [1.165, 1.54) is 0 Å². The minimum atomic E-state index is -0.395. The fourth-order valence-electron chi connectivity index (χ4n) is 3.93. The van der Waals surface area contributed by atoms with Crippen LogP contribution in [0.5, 0.6) is 5.88 Å². The largest absolute Gasteiger partial charge is 0.472 e. The topological polar surface area (TPSA) is 104 Å². The molecule has 1 saturated heterocycles. The van der Waals surface area contributed by atoms with Gasteiger partial charge in [0.25, 0.3) is 0 Å². The molecule has 0 spiro atoms. The third kappa shape index (κ3) is 3.26. The standard InChI is InChI=1S/C20H22N5O3/c1-20(2,3)16-15(8-9-25(16)11-26)28-18-13-7-5-4-6-12(13)10-14(21-18)17-22-19(27)24-23-17/h4-7,10,15-16H,8-9H2,1-3H3,(H2,22,23,24,27). The van der Waals surface area contributed by atoms with Crippen LogP contribution in [0, 0.1) is 5.41 Å². The van der Waals surface area contributed by atoms with Crippen molar-refractivity contribution in [2.45, 2.75) is 39.3 Å². The maximum Gasteiger partial charge on any atom is 0.340 e. The molecule has 2 N–H and O–H groups in total. The van der Waals surface area contributed by atoms with Crippen LogP contribution >= 0.6 is 0 Å². The van der Waals surface area contributed by atoms with Crippen LogP contribution in [0.2, 0.25) is 0 Å². The van der Waals surface area contributed by atoms with Gasteiger partial charge >= 0.3 is 12.1 Å². The molecule has 1 aromatic carbocycles. The summed E-state index contributed by atoms with van der Waals surface area (Å²) >= 11 is 0. The minimum Gasteiger partial charge on any atom is -0.472 e. The van der Waals surface area contributed by atoms with Crippen molar-refractivity contribution in [2.24, 2.45) is 5.41 Å². The highest BCUT2D eigenvalue weighted by Gasteiger charge is 2.43. The van der Waals surface area contributed by atoms with Crippen molar-refractivity contribution < 1.29 is 9.53 Å². The van der Waals surface area contributed by atoms with E-state index in [1.54, 1.807) is 4.90 Å². The Kier molecular flexibility index (Phi) is 4.41. The number of hydrogen-bond acceptors (Lipinski definition) is 5. The number of aromatic amines is 2. The van der Waals surface area contributed by atoms with Crippen LogP contribution in [0.25, 0.3) is 22.3 Å². The van der Waals surface area contributed by atoms with E-state index in [4.69, 9.17) is 4.74 Å². The summed E-state index contributed by atoms with van der Waals surface area (Å²) in [6, 6.07) is 9.50. The van der Waals surface area contributed by atoms with Crippen LogP contribution in [0.1, 0.15) is 27.2 Å². The van der Waals surface area contributed by atoms with Crippen LogP contribution in [-0.2, 0) is 4.79 Å². The van der Waals surface area contributed by atoms with E-state index in [-0.39, 0.29) is 17.6 Å². The van der Waals surface area contributed by atoms with Crippen molar-refractivity contribution in [1.29, 1.82) is 0 Å². The van der Waals surface area contributed by atoms with E-state index in [1.807, 2.05) is 36.7 Å². The van der Waals surface area contributed by atoms with Crippen molar-refractivity contribution in [2.75, 3.05) is 6.54 Å². The maximum atomic E-state index is 11.4. The molecule has 0 bridgehead atoms. The van der Waals surface area contributed by atoms with Crippen LogP contribution < -0.4 is 10.4 Å². The lowest BCUT2D eigenvalue weighted by Gasteiger charge is -2.35. The zero-order valence-electron chi connectivity index (χ0n) is 16.0. The third-order valence-electron chi connectivity index (χ3n) is 5.06. The molecule has 8 heteroatoms. The molecule has 1 radical (unpaired) electrons. The number of H-pyrrole nitrogens is 2. The van der Waals surface area contributed by atoms with Gasteiger partial charge in [-0.25, -0.2) is 14.9 Å². The molecule has 0 aliphatic carbocycles. The monoisotopic (exact) mass is 380 g/mol. The molecular formula is C20H22N5O3. The molecule has 2 aromatic heterocycles. The van der Waals surface area contributed by atoms with Crippen LogP contribution in [0.3, 0.4) is 0 Å². The lowest BCUT2D eigenvalue weighted by atomic mass is 9.84. The number of carbonyl (C=O) groups excluding carboxylic acids is 1. The average molecular weight is 380 g/mol. The summed E-state index contributed by atoms with van der Waals surface area (Å²) in [5.41, 5.74) is -0.0521. The van der Waals surface area contributed by atoms with Gasteiger partial charge in [0.15, 0.2) is 5.82 Å². The van der Waals surface area contributed by atoms with E-state index in [9.17, 15) is 9.59 Å². The zero-order chi connectivity index (χ0) is 19.9. The number of hydrogen-bond donors (Lipinski definition) is 2. The smallest absolute Gasteiger partial charge is 0.340 e. The summed E-state index contributed by atoms with van der Waals surface area (Å²) in [6.45, 7) is 6.85. The number of rotatable bonds is 4. The first-order valence-electron chi connectivity index (χ1n) is 9.23. The molecular weight excluding hydrogens is 358 g/mol. The summed E-state index contributed by atoms with van der Waals surface area (Å²) in [5, 5.41) is 8.12. The Bertz CT molecular complexity index is 1070. The summed E-state index contributed by atoms with van der Waals surface area (Å²) in [5.74, 6) is 0.811. The van der Waals surface area contributed by atoms with E-state index < -0.39 is 5.69 Å². The second kappa shape index (κ2) is 6.78. The van der Waals surface area contributed by atoms with Crippen molar-refractivity contribution in [3.05, 3.63) is 40.8 Å². The lowest BCUT2D eigenvalue weighted by Crippen LogP contribution is -2.46. The number of benzene rings is 1. The number of ether oxygens (including phenoxy) is 1. The molecule has 4 rings (SSSR count). The fraction of sp³-hybridized carbons (Fsp3) is 0.400. The Morgan fingerprint density at radius 1 is 1.29 bits per heavy atom. The van der Waals surface area contributed by atoms with Gasteiger partial charge in [0.2, 0.25) is 5.88 Å². The highest BCUT2D eigenvalue weighted by molar-refractivity contribution is 5.89. The summed E-state index contributed by atoms with van der Waals surface area (Å²) in [7, 11) is 0. The third-order valence-corrected chi connectivity index (χ3v) is 5.06. The number of pyridine rings is 1. The highest BCUT2D eigenvalue weighted by atomic mass is 16.5. The Morgan fingerprint density at radius 2 is 2.07 bits per heavy atom. The van der Waals surface area contributed by atoms with E-state index in [0.717, 1.165) is 10.8 Å². The SMILES string of the molecule is CC(C)(C)C1C(Oc2nc(-c3n[nH]c(=O)[nH]3)cc3ccccc23)CCN1[C]=O. The van der Waals surface area contributed by atoms with Gasteiger partial charge in [0, 0.05) is 18.4 Å². The first-order chi connectivity index (χ1) is 13.4. The molecule has 145 valence electrons. The predicted molar refractivity (Wildman–Crippen MR) is 105 cm³/mol. The molecule has 3 aromatic rings. The first-order valence-corrected chi connectivity index (χ1v) is 9.23. The Morgan fingerprint density at radius 3 is 2.75 bits per heavy atom. The second-order valence-electron chi connectivity index (χ2n) is 8.10. The number of fused-ring (bicyclic) bond motifs is 1. The second-order valence-corrected chi connectivity index (χ2v) is 8.10. The van der Waals surface area contributed by atoms with Crippen molar-refractivity contribution in [3.63, 3.8) is 0 Å². The van der Waals surface area contributed by atoms with Crippen LogP contribution in [0.4, 0.5) is 0 Å². The molecule has 3 heterocycles. The number of amides is 1. The predicted octanol–water partition coefficient (Wildman–Crippen LogP) is 2.25. The first kappa shape index (κ1) is 18.2. The summed E-state index contributed by atoms with van der Waals surface area (Å²) in [4.78, 5) is 31.8. The summed E-state index contributed by atoms with van der Waals surface area (Å²) < 4.78 is 6.37. The average Bonchev–Trinajstić information content (AvgIpc) is 3.27. The summed E-state index contributed by atoms with van der Waals surface area (Å²) in [6.07, 6.45) is 2.54. The number of nitrogens with one attached hydrogen (secondary N) is 2. The van der Waals surface area contributed by atoms with E-state index in [2.05, 4.69) is 40.9 Å². The molecule has 1 aliphatic heterocycles. The van der Waals surface area contributed by atoms with Gasteiger partial charge < -0.3 is 9.64 Å². The molecule has 28 heavy (non-hydrogen) atoms. The molecule has 0 saturated carbocycles. The number of nitrogens with zero attached hydrogens (tertiary/aromatic N) is 3. The molecule has 2 atom stereocenters. The van der Waals surface area contributed by atoms with E-state index in [0.29, 0.717) is 30.4 Å². The number of likely N-dealkylation sites (tertiary alicyclic amines) is 1. The minimum absolute atomic E-state index is 0.112. The van der Waals surface area contributed by atoms with Gasteiger partial charge in [-0.05, 0) is 22.9 Å². The molecule has 8 nitrogen and oxygen atoms in total. The van der Waals surface area contributed by atoms with Crippen LogP contribution in [0.15, 0.2) is 35.1 Å². The Hall–Kier alpha value is -3.16. The van der Waals surface area contributed by atoms with Gasteiger partial charge in [0.1, 0.15) is 11.8 Å². The lowest BCUT2D eigenvalue weighted by molar-refractivity contribution is 0.0872. The van der Waals surface area contributed by atoms with Gasteiger partial charge in [-0.1, -0.05) is 39.0 Å². The van der Waals surface area contributed by atoms with Crippen molar-refractivity contribution >= 4 is 17.2 Å². The Labute approximate surface area is 161 Å². The number of aromatic nitrogens is 4. The van der Waals surface area contributed by atoms with Gasteiger partial charge in [-0.15, -0.1) is 0 Å². The van der Waals surface area contributed by atoms with Crippen molar-refractivity contribution in [1.82, 2.24) is 25.1 Å².